The SMILES string of the molecule is COC(=O)[C@]1(C(C)C)N=C(c2ccccc2)N(Cc2ccccc2)[C@@H]1c1ccccc1. The van der Waals surface area contributed by atoms with Crippen LogP contribution in [0.3, 0.4) is 0 Å². The lowest BCUT2D eigenvalue weighted by Gasteiger charge is -2.38. The fourth-order valence-corrected chi connectivity index (χ4v) is 4.50. The Bertz CT molecular complexity index is 1050. The number of hydrogen-bond donors (Lipinski definition) is 0. The van der Waals surface area contributed by atoms with Gasteiger partial charge in [-0.3, -0.25) is 0 Å². The number of nitrogens with zero attached hydrogens (tertiary/aromatic N) is 2. The van der Waals surface area contributed by atoms with Crippen molar-refractivity contribution in [2.24, 2.45) is 10.9 Å². The van der Waals surface area contributed by atoms with Gasteiger partial charge in [0.05, 0.1) is 13.2 Å². The molecule has 31 heavy (non-hydrogen) atoms. The van der Waals surface area contributed by atoms with Gasteiger partial charge in [-0.25, -0.2) is 9.79 Å². The van der Waals surface area contributed by atoms with Crippen LogP contribution in [0.1, 0.15) is 36.6 Å². The van der Waals surface area contributed by atoms with Crippen molar-refractivity contribution < 1.29 is 9.53 Å². The zero-order valence-electron chi connectivity index (χ0n) is 18.2. The van der Waals surface area contributed by atoms with Crippen molar-refractivity contribution in [3.05, 3.63) is 108 Å². The van der Waals surface area contributed by atoms with E-state index in [1.165, 1.54) is 7.11 Å². The summed E-state index contributed by atoms with van der Waals surface area (Å²) >= 11 is 0. The summed E-state index contributed by atoms with van der Waals surface area (Å²) in [5.41, 5.74) is 2.16. The summed E-state index contributed by atoms with van der Waals surface area (Å²) in [4.78, 5) is 20.8. The summed E-state index contributed by atoms with van der Waals surface area (Å²) in [7, 11) is 1.45. The number of carbonyl (C=O) groups is 1. The second-order valence-electron chi connectivity index (χ2n) is 8.20. The van der Waals surface area contributed by atoms with Gasteiger partial charge in [0, 0.05) is 12.1 Å². The van der Waals surface area contributed by atoms with E-state index in [0.717, 1.165) is 22.5 Å². The second-order valence-corrected chi connectivity index (χ2v) is 8.20. The van der Waals surface area contributed by atoms with E-state index in [9.17, 15) is 4.79 Å². The number of amidine groups is 1. The van der Waals surface area contributed by atoms with Crippen LogP contribution in [0.2, 0.25) is 0 Å². The van der Waals surface area contributed by atoms with Gasteiger partial charge in [-0.1, -0.05) is 105 Å². The minimum atomic E-state index is -1.05. The highest BCUT2D eigenvalue weighted by Crippen LogP contribution is 2.47. The zero-order chi connectivity index (χ0) is 21.8. The Kier molecular flexibility index (Phi) is 5.90. The Labute approximate surface area is 184 Å². The Hall–Kier alpha value is -3.40. The smallest absolute Gasteiger partial charge is 0.336 e. The van der Waals surface area contributed by atoms with Gasteiger partial charge in [0.2, 0.25) is 0 Å². The molecule has 3 aromatic carbocycles. The molecule has 4 heteroatoms. The van der Waals surface area contributed by atoms with Gasteiger partial charge in [0.25, 0.3) is 0 Å². The molecule has 4 nitrogen and oxygen atoms in total. The quantitative estimate of drug-likeness (QED) is 0.519. The highest BCUT2D eigenvalue weighted by molar-refractivity contribution is 6.04. The molecule has 3 aromatic rings. The van der Waals surface area contributed by atoms with E-state index in [4.69, 9.17) is 9.73 Å². The first kappa shape index (κ1) is 20.9. The van der Waals surface area contributed by atoms with Crippen LogP contribution in [0.5, 0.6) is 0 Å². The average molecular weight is 413 g/mol. The van der Waals surface area contributed by atoms with Gasteiger partial charge >= 0.3 is 5.97 Å². The third-order valence-corrected chi connectivity index (χ3v) is 6.03. The number of hydrogen-bond acceptors (Lipinski definition) is 4. The maximum Gasteiger partial charge on any atom is 0.336 e. The number of methoxy groups -OCH3 is 1. The molecule has 0 spiro atoms. The molecule has 0 saturated heterocycles. The largest absolute Gasteiger partial charge is 0.467 e. The highest BCUT2D eigenvalue weighted by atomic mass is 16.5. The number of ether oxygens (including phenoxy) is 1. The molecule has 0 bridgehead atoms. The summed E-state index contributed by atoms with van der Waals surface area (Å²) in [5.74, 6) is 0.447. The van der Waals surface area contributed by atoms with Gasteiger partial charge in [-0.15, -0.1) is 0 Å². The first-order valence-corrected chi connectivity index (χ1v) is 10.7. The molecule has 0 fully saturated rings. The van der Waals surface area contributed by atoms with Gasteiger partial charge in [0.1, 0.15) is 5.84 Å². The standard InChI is InChI=1S/C27H28N2O2/c1-20(2)27(26(30)31-3)24(22-15-9-5-10-16-22)29(19-21-13-7-4-8-14-21)25(28-27)23-17-11-6-12-18-23/h4-18,20,24H,19H2,1-3H3/t24-,27-/m1/s1. The fourth-order valence-electron chi connectivity index (χ4n) is 4.50. The molecule has 0 saturated carbocycles. The molecule has 0 radical (unpaired) electrons. The molecule has 0 aromatic heterocycles. The lowest BCUT2D eigenvalue weighted by molar-refractivity contribution is -0.150. The van der Waals surface area contributed by atoms with E-state index in [1.807, 2.05) is 80.6 Å². The van der Waals surface area contributed by atoms with Crippen molar-refractivity contribution >= 4 is 11.8 Å². The summed E-state index contributed by atoms with van der Waals surface area (Å²) < 4.78 is 5.36. The number of aliphatic imine (C=N–C) groups is 1. The van der Waals surface area contributed by atoms with Crippen LogP contribution >= 0.6 is 0 Å². The predicted octanol–water partition coefficient (Wildman–Crippen LogP) is 5.26. The third kappa shape index (κ3) is 3.74. The number of carbonyl (C=O) groups excluding carboxylic acids is 1. The average Bonchev–Trinajstić information content (AvgIpc) is 3.16. The van der Waals surface area contributed by atoms with Crippen molar-refractivity contribution in [3.63, 3.8) is 0 Å². The maximum atomic E-state index is 13.4. The highest BCUT2D eigenvalue weighted by Gasteiger charge is 2.57. The Morgan fingerprint density at radius 1 is 0.935 bits per heavy atom. The van der Waals surface area contributed by atoms with E-state index in [0.29, 0.717) is 6.54 Å². The Balaban J connectivity index is 1.95. The first-order chi connectivity index (χ1) is 15.1. The Morgan fingerprint density at radius 3 is 2.03 bits per heavy atom. The summed E-state index contributed by atoms with van der Waals surface area (Å²) in [6.07, 6.45) is 0. The number of rotatable bonds is 6. The molecule has 0 N–H and O–H groups in total. The predicted molar refractivity (Wildman–Crippen MR) is 124 cm³/mol. The molecule has 4 rings (SSSR count). The minimum Gasteiger partial charge on any atom is -0.467 e. The molecule has 1 aliphatic heterocycles. The summed E-state index contributed by atoms with van der Waals surface area (Å²) in [6.45, 7) is 4.73. The third-order valence-electron chi connectivity index (χ3n) is 6.03. The van der Waals surface area contributed by atoms with Gasteiger partial charge in [-0.05, 0) is 17.0 Å². The molecule has 158 valence electrons. The van der Waals surface area contributed by atoms with Crippen LogP contribution < -0.4 is 0 Å². The molecule has 2 atom stereocenters. The molecular weight excluding hydrogens is 384 g/mol. The molecule has 1 heterocycles. The molecular formula is C27H28N2O2. The lowest BCUT2D eigenvalue weighted by Crippen LogP contribution is -2.49. The van der Waals surface area contributed by atoms with Crippen molar-refractivity contribution in [1.29, 1.82) is 0 Å². The molecule has 1 aliphatic rings. The number of esters is 1. The number of benzene rings is 3. The van der Waals surface area contributed by atoms with E-state index >= 15 is 0 Å². The van der Waals surface area contributed by atoms with E-state index in [-0.39, 0.29) is 17.9 Å². The topological polar surface area (TPSA) is 41.9 Å². The van der Waals surface area contributed by atoms with E-state index in [1.54, 1.807) is 0 Å². The maximum absolute atomic E-state index is 13.4. The van der Waals surface area contributed by atoms with Crippen molar-refractivity contribution in [1.82, 2.24) is 4.90 Å². The first-order valence-electron chi connectivity index (χ1n) is 10.7. The van der Waals surface area contributed by atoms with Crippen molar-refractivity contribution in [2.45, 2.75) is 32.0 Å². The van der Waals surface area contributed by atoms with Crippen LogP contribution in [0.15, 0.2) is 96.0 Å². The van der Waals surface area contributed by atoms with Gasteiger partial charge in [-0.2, -0.15) is 0 Å². The van der Waals surface area contributed by atoms with Gasteiger partial charge < -0.3 is 9.64 Å². The molecule has 0 aliphatic carbocycles. The van der Waals surface area contributed by atoms with E-state index in [2.05, 4.69) is 29.2 Å². The zero-order valence-corrected chi connectivity index (χ0v) is 18.2. The molecule has 0 amide bonds. The fraction of sp³-hybridized carbons (Fsp3) is 0.259. The van der Waals surface area contributed by atoms with Crippen LogP contribution in [0.25, 0.3) is 0 Å². The lowest BCUT2D eigenvalue weighted by atomic mass is 9.77. The van der Waals surface area contributed by atoms with Crippen LogP contribution in [0.4, 0.5) is 0 Å². The summed E-state index contributed by atoms with van der Waals surface area (Å²) in [5, 5.41) is 0. The normalized spacial score (nSPS) is 20.6. The second kappa shape index (κ2) is 8.76. The minimum absolute atomic E-state index is 0.0651. The summed E-state index contributed by atoms with van der Waals surface area (Å²) in [6, 6.07) is 30.3. The van der Waals surface area contributed by atoms with Crippen molar-refractivity contribution in [3.8, 4) is 0 Å². The van der Waals surface area contributed by atoms with Crippen LogP contribution in [-0.4, -0.2) is 29.4 Å². The monoisotopic (exact) mass is 412 g/mol. The van der Waals surface area contributed by atoms with Crippen LogP contribution in [-0.2, 0) is 16.1 Å². The van der Waals surface area contributed by atoms with Gasteiger partial charge in [0.15, 0.2) is 5.54 Å². The van der Waals surface area contributed by atoms with Crippen LogP contribution in [0, 0.1) is 5.92 Å². The Morgan fingerprint density at radius 2 is 1.48 bits per heavy atom. The van der Waals surface area contributed by atoms with Crippen molar-refractivity contribution in [2.75, 3.05) is 7.11 Å². The molecule has 0 unspecified atom stereocenters. The van der Waals surface area contributed by atoms with E-state index < -0.39 is 5.54 Å².